The first-order valence-electron chi connectivity index (χ1n) is 10.6. The Morgan fingerprint density at radius 3 is 2.72 bits per heavy atom. The van der Waals surface area contributed by atoms with Crippen molar-refractivity contribution in [3.8, 4) is 6.07 Å². The summed E-state index contributed by atoms with van der Waals surface area (Å²) in [7, 11) is 0. The lowest BCUT2D eigenvalue weighted by atomic mass is 10.0. The summed E-state index contributed by atoms with van der Waals surface area (Å²) in [5.41, 5.74) is 2.99. The van der Waals surface area contributed by atoms with Crippen LogP contribution in [-0.4, -0.2) is 23.1 Å². The summed E-state index contributed by atoms with van der Waals surface area (Å²) >= 11 is 3.14. The Labute approximate surface area is 196 Å². The molecule has 3 aromatic rings. The van der Waals surface area contributed by atoms with Crippen molar-refractivity contribution in [2.75, 3.05) is 17.6 Å². The van der Waals surface area contributed by atoms with E-state index in [2.05, 4.69) is 40.6 Å². The molecule has 0 unspecified atom stereocenters. The number of benzene rings is 2. The van der Waals surface area contributed by atoms with Crippen LogP contribution in [0.25, 0.3) is 0 Å². The fourth-order valence-electron chi connectivity index (χ4n) is 3.78. The van der Waals surface area contributed by atoms with Crippen LogP contribution in [0.1, 0.15) is 34.4 Å². The molecule has 0 fully saturated rings. The SMILES string of the molecule is N#Cc1c(NC(=O)CCCSc2ccc(F)cc2)sc2c1CCN(Cc1ccccc1)C2. The molecule has 1 N–H and O–H groups in total. The Balaban J connectivity index is 1.30. The van der Waals surface area contributed by atoms with Gasteiger partial charge in [0.05, 0.1) is 5.56 Å². The molecule has 2 aromatic carbocycles. The summed E-state index contributed by atoms with van der Waals surface area (Å²) in [6, 6.07) is 19.1. The van der Waals surface area contributed by atoms with Crippen LogP contribution < -0.4 is 5.32 Å². The molecule has 1 aromatic heterocycles. The molecular weight excluding hydrogens is 441 g/mol. The number of anilines is 1. The van der Waals surface area contributed by atoms with Crippen LogP contribution in [0.4, 0.5) is 9.39 Å². The third-order valence-corrected chi connectivity index (χ3v) is 7.61. The number of thioether (sulfide) groups is 1. The molecule has 32 heavy (non-hydrogen) atoms. The van der Waals surface area contributed by atoms with E-state index in [1.165, 1.54) is 33.9 Å². The molecule has 7 heteroatoms. The van der Waals surface area contributed by atoms with Crippen molar-refractivity contribution in [2.24, 2.45) is 0 Å². The highest BCUT2D eigenvalue weighted by Gasteiger charge is 2.25. The number of nitrogens with zero attached hydrogens (tertiary/aromatic N) is 2. The van der Waals surface area contributed by atoms with Crippen LogP contribution in [0.3, 0.4) is 0 Å². The number of carbonyl (C=O) groups is 1. The maximum absolute atomic E-state index is 13.0. The predicted molar refractivity (Wildman–Crippen MR) is 128 cm³/mol. The van der Waals surface area contributed by atoms with E-state index >= 15 is 0 Å². The number of amides is 1. The fraction of sp³-hybridized carbons (Fsp3) is 0.280. The van der Waals surface area contributed by atoms with Gasteiger partial charge in [0.1, 0.15) is 16.9 Å². The fourth-order valence-corrected chi connectivity index (χ4v) is 5.89. The molecule has 1 amide bonds. The van der Waals surface area contributed by atoms with Gasteiger partial charge in [0.25, 0.3) is 0 Å². The zero-order valence-electron chi connectivity index (χ0n) is 17.6. The topological polar surface area (TPSA) is 56.1 Å². The van der Waals surface area contributed by atoms with Crippen molar-refractivity contribution in [1.82, 2.24) is 4.90 Å². The average molecular weight is 466 g/mol. The van der Waals surface area contributed by atoms with Gasteiger partial charge in [-0.15, -0.1) is 23.1 Å². The number of hydrogen-bond acceptors (Lipinski definition) is 5. The first-order chi connectivity index (χ1) is 15.6. The third-order valence-electron chi connectivity index (χ3n) is 5.38. The van der Waals surface area contributed by atoms with E-state index in [1.54, 1.807) is 23.9 Å². The van der Waals surface area contributed by atoms with Gasteiger partial charge < -0.3 is 5.32 Å². The Morgan fingerprint density at radius 2 is 1.97 bits per heavy atom. The maximum Gasteiger partial charge on any atom is 0.225 e. The molecule has 0 saturated carbocycles. The van der Waals surface area contributed by atoms with E-state index < -0.39 is 0 Å². The highest BCUT2D eigenvalue weighted by atomic mass is 32.2. The van der Waals surface area contributed by atoms with Gasteiger partial charge in [-0.3, -0.25) is 9.69 Å². The summed E-state index contributed by atoms with van der Waals surface area (Å²) in [6.45, 7) is 2.59. The zero-order chi connectivity index (χ0) is 22.3. The maximum atomic E-state index is 13.0. The lowest BCUT2D eigenvalue weighted by Gasteiger charge is -2.26. The summed E-state index contributed by atoms with van der Waals surface area (Å²) in [5.74, 6) is 0.462. The zero-order valence-corrected chi connectivity index (χ0v) is 19.3. The summed E-state index contributed by atoms with van der Waals surface area (Å²) in [4.78, 5) is 17.0. The van der Waals surface area contributed by atoms with Crippen LogP contribution >= 0.6 is 23.1 Å². The molecular formula is C25H24FN3OS2. The summed E-state index contributed by atoms with van der Waals surface area (Å²) < 4.78 is 13.0. The van der Waals surface area contributed by atoms with E-state index in [1.807, 2.05) is 6.07 Å². The number of hydrogen-bond donors (Lipinski definition) is 1. The number of fused-ring (bicyclic) bond motifs is 1. The lowest BCUT2D eigenvalue weighted by Crippen LogP contribution is -2.29. The second-order valence-electron chi connectivity index (χ2n) is 7.72. The van der Waals surface area contributed by atoms with Gasteiger partial charge in [-0.1, -0.05) is 30.3 Å². The molecule has 0 spiro atoms. The normalized spacial score (nSPS) is 13.4. The van der Waals surface area contributed by atoms with Crippen LogP contribution in [-0.2, 0) is 24.3 Å². The molecule has 0 atom stereocenters. The minimum absolute atomic E-state index is 0.0686. The molecule has 0 aliphatic carbocycles. The van der Waals surface area contributed by atoms with Crippen LogP contribution in [0.15, 0.2) is 59.5 Å². The van der Waals surface area contributed by atoms with E-state index in [-0.39, 0.29) is 11.7 Å². The third kappa shape index (κ3) is 5.77. The minimum Gasteiger partial charge on any atom is -0.317 e. The molecule has 0 saturated heterocycles. The van der Waals surface area contributed by atoms with Crippen molar-refractivity contribution in [3.05, 3.63) is 82.0 Å². The Bertz CT molecular complexity index is 1110. The van der Waals surface area contributed by atoms with Gasteiger partial charge in [0.15, 0.2) is 0 Å². The number of rotatable bonds is 8. The Kier molecular flexibility index (Phi) is 7.59. The number of nitrogens with one attached hydrogen (secondary N) is 1. The average Bonchev–Trinajstić information content (AvgIpc) is 3.14. The second kappa shape index (κ2) is 10.8. The van der Waals surface area contributed by atoms with Gasteiger partial charge in [-0.05, 0) is 54.0 Å². The van der Waals surface area contributed by atoms with E-state index in [4.69, 9.17) is 0 Å². The molecule has 0 bridgehead atoms. The minimum atomic E-state index is -0.246. The van der Waals surface area contributed by atoms with Crippen LogP contribution in [0.5, 0.6) is 0 Å². The molecule has 164 valence electrons. The largest absolute Gasteiger partial charge is 0.317 e. The monoisotopic (exact) mass is 465 g/mol. The van der Waals surface area contributed by atoms with E-state index in [0.29, 0.717) is 23.4 Å². The highest BCUT2D eigenvalue weighted by Crippen LogP contribution is 2.37. The number of thiophene rings is 1. The first kappa shape index (κ1) is 22.5. The molecule has 1 aliphatic rings. The van der Waals surface area contributed by atoms with Gasteiger partial charge in [0, 0.05) is 35.8 Å². The number of carbonyl (C=O) groups excluding carboxylic acids is 1. The van der Waals surface area contributed by atoms with Crippen molar-refractivity contribution < 1.29 is 9.18 Å². The van der Waals surface area contributed by atoms with Gasteiger partial charge in [0.2, 0.25) is 5.91 Å². The van der Waals surface area contributed by atoms with Crippen molar-refractivity contribution >= 4 is 34.0 Å². The predicted octanol–water partition coefficient (Wildman–Crippen LogP) is 5.83. The molecule has 4 nitrogen and oxygen atoms in total. The highest BCUT2D eigenvalue weighted by molar-refractivity contribution is 7.99. The van der Waals surface area contributed by atoms with Gasteiger partial charge in [-0.25, -0.2) is 4.39 Å². The molecule has 2 heterocycles. The Hall–Kier alpha value is -2.66. The quantitative estimate of drug-likeness (QED) is 0.336. The Morgan fingerprint density at radius 1 is 1.19 bits per heavy atom. The van der Waals surface area contributed by atoms with E-state index in [0.717, 1.165) is 42.3 Å². The smallest absolute Gasteiger partial charge is 0.225 e. The van der Waals surface area contributed by atoms with Crippen molar-refractivity contribution in [3.63, 3.8) is 0 Å². The van der Waals surface area contributed by atoms with Crippen molar-refractivity contribution in [2.45, 2.75) is 37.2 Å². The number of nitriles is 1. The first-order valence-corrected chi connectivity index (χ1v) is 12.4. The number of halogens is 1. The standard InChI is InChI=1S/C25H24FN3OS2/c26-19-8-10-20(11-9-19)31-14-4-7-24(30)28-25-22(15-27)21-12-13-29(17-23(21)32-25)16-18-5-2-1-3-6-18/h1-3,5-6,8-11H,4,7,12-14,16-17H2,(H,28,30). The lowest BCUT2D eigenvalue weighted by molar-refractivity contribution is -0.116. The van der Waals surface area contributed by atoms with Gasteiger partial charge >= 0.3 is 0 Å². The van der Waals surface area contributed by atoms with Crippen molar-refractivity contribution in [1.29, 1.82) is 5.26 Å². The molecule has 4 rings (SSSR count). The summed E-state index contributed by atoms with van der Waals surface area (Å²) in [5, 5.41) is 13.3. The second-order valence-corrected chi connectivity index (χ2v) is 9.99. The molecule has 1 aliphatic heterocycles. The van der Waals surface area contributed by atoms with Crippen LogP contribution in [0.2, 0.25) is 0 Å². The summed E-state index contributed by atoms with van der Waals surface area (Å²) in [6.07, 6.45) is 1.93. The molecule has 0 radical (unpaired) electrons. The van der Waals surface area contributed by atoms with Crippen LogP contribution in [0, 0.1) is 17.1 Å². The van der Waals surface area contributed by atoms with E-state index in [9.17, 15) is 14.4 Å². The van der Waals surface area contributed by atoms with Gasteiger partial charge in [-0.2, -0.15) is 5.26 Å².